The van der Waals surface area contributed by atoms with Gasteiger partial charge in [-0.05, 0) is 18.6 Å². The fraction of sp³-hybridized carbons (Fsp3) is 0.467. The number of nitrogens with one attached hydrogen (secondary N) is 1. The number of carbonyl (C=O) groups is 1. The topological polar surface area (TPSA) is 76.4 Å². The van der Waals surface area contributed by atoms with Crippen molar-refractivity contribution in [1.82, 2.24) is 5.32 Å². The van der Waals surface area contributed by atoms with Crippen molar-refractivity contribution in [1.29, 1.82) is 5.26 Å². The van der Waals surface area contributed by atoms with Gasteiger partial charge < -0.3 is 15.3 Å². The minimum absolute atomic E-state index is 0.146. The van der Waals surface area contributed by atoms with Gasteiger partial charge in [0.05, 0.1) is 25.1 Å². The first-order valence-corrected chi connectivity index (χ1v) is 6.79. The summed E-state index contributed by atoms with van der Waals surface area (Å²) in [5.41, 5.74) is 0.899. The lowest BCUT2D eigenvalue weighted by atomic mass is 10.2. The van der Waals surface area contributed by atoms with Gasteiger partial charge in [0.1, 0.15) is 0 Å². The number of nitriles is 1. The number of rotatable bonds is 8. The Labute approximate surface area is 119 Å². The molecule has 0 aliphatic carbocycles. The fourth-order valence-corrected chi connectivity index (χ4v) is 1.77. The normalized spacial score (nSPS) is 11.4. The quantitative estimate of drug-likeness (QED) is 0.701. The number of nitrogens with zero attached hydrogens (tertiary/aromatic N) is 2. The second-order valence-corrected chi connectivity index (χ2v) is 4.54. The summed E-state index contributed by atoms with van der Waals surface area (Å²) < 4.78 is 0. The highest BCUT2D eigenvalue weighted by molar-refractivity contribution is 5.81. The Kier molecular flexibility index (Phi) is 7.15. The van der Waals surface area contributed by atoms with E-state index in [-0.39, 0.29) is 12.5 Å². The number of amides is 1. The van der Waals surface area contributed by atoms with Gasteiger partial charge in [0, 0.05) is 18.8 Å². The summed E-state index contributed by atoms with van der Waals surface area (Å²) >= 11 is 0. The van der Waals surface area contributed by atoms with Crippen LogP contribution >= 0.6 is 0 Å². The predicted molar refractivity (Wildman–Crippen MR) is 78.2 cm³/mol. The summed E-state index contributed by atoms with van der Waals surface area (Å²) in [6.45, 7) is 2.84. The Morgan fingerprint density at radius 1 is 1.45 bits per heavy atom. The Morgan fingerprint density at radius 3 is 2.75 bits per heavy atom. The minimum atomic E-state index is -0.470. The van der Waals surface area contributed by atoms with Crippen molar-refractivity contribution < 1.29 is 9.90 Å². The predicted octanol–water partition coefficient (Wildman–Crippen LogP) is 1.29. The molecule has 5 nitrogen and oxygen atoms in total. The number of para-hydroxylation sites is 1. The van der Waals surface area contributed by atoms with E-state index >= 15 is 0 Å². The van der Waals surface area contributed by atoms with Crippen LogP contribution in [0, 0.1) is 11.3 Å². The molecule has 0 unspecified atom stereocenters. The maximum Gasteiger partial charge on any atom is 0.239 e. The minimum Gasteiger partial charge on any atom is -0.391 e. The number of aliphatic hydroxyl groups excluding tert-OH is 1. The highest BCUT2D eigenvalue weighted by Gasteiger charge is 2.14. The molecule has 108 valence electrons. The van der Waals surface area contributed by atoms with E-state index in [4.69, 9.17) is 5.26 Å². The fourth-order valence-electron chi connectivity index (χ4n) is 1.77. The molecule has 0 spiro atoms. The van der Waals surface area contributed by atoms with Crippen molar-refractivity contribution in [2.75, 3.05) is 24.5 Å². The number of aliphatic hydroxyl groups is 1. The molecule has 1 rings (SSSR count). The maximum absolute atomic E-state index is 11.8. The van der Waals surface area contributed by atoms with Crippen molar-refractivity contribution in [2.45, 2.75) is 25.9 Å². The molecule has 0 saturated heterocycles. The second kappa shape index (κ2) is 8.94. The first-order valence-electron chi connectivity index (χ1n) is 6.79. The van der Waals surface area contributed by atoms with Crippen molar-refractivity contribution in [3.05, 3.63) is 30.3 Å². The van der Waals surface area contributed by atoms with Crippen LogP contribution in [-0.2, 0) is 4.79 Å². The van der Waals surface area contributed by atoms with E-state index in [0.29, 0.717) is 25.9 Å². The van der Waals surface area contributed by atoms with E-state index in [1.165, 1.54) is 0 Å². The van der Waals surface area contributed by atoms with Gasteiger partial charge in [-0.1, -0.05) is 25.1 Å². The molecular weight excluding hydrogens is 254 g/mol. The first kappa shape index (κ1) is 16.0. The Balaban J connectivity index is 2.64. The molecule has 20 heavy (non-hydrogen) atoms. The van der Waals surface area contributed by atoms with Gasteiger partial charge in [-0.25, -0.2) is 0 Å². The number of hydrogen-bond acceptors (Lipinski definition) is 4. The van der Waals surface area contributed by atoms with Crippen molar-refractivity contribution in [3.8, 4) is 6.07 Å². The monoisotopic (exact) mass is 275 g/mol. The molecule has 0 bridgehead atoms. The smallest absolute Gasteiger partial charge is 0.239 e. The number of benzene rings is 1. The van der Waals surface area contributed by atoms with E-state index in [1.807, 2.05) is 48.2 Å². The van der Waals surface area contributed by atoms with Crippen molar-refractivity contribution >= 4 is 11.6 Å². The number of carbonyl (C=O) groups excluding carboxylic acids is 1. The average Bonchev–Trinajstić information content (AvgIpc) is 2.47. The van der Waals surface area contributed by atoms with Gasteiger partial charge in [-0.15, -0.1) is 0 Å². The molecule has 1 aromatic rings. The highest BCUT2D eigenvalue weighted by Crippen LogP contribution is 2.13. The average molecular weight is 275 g/mol. The van der Waals surface area contributed by atoms with Gasteiger partial charge in [0.15, 0.2) is 0 Å². The molecule has 5 heteroatoms. The zero-order valence-electron chi connectivity index (χ0n) is 11.7. The Bertz CT molecular complexity index is 442. The molecule has 0 aliphatic rings. The van der Waals surface area contributed by atoms with Crippen LogP contribution in [-0.4, -0.2) is 36.8 Å². The molecule has 0 saturated carbocycles. The molecule has 2 N–H and O–H groups in total. The molecular formula is C15H21N3O2. The van der Waals surface area contributed by atoms with Gasteiger partial charge in [-0.2, -0.15) is 5.26 Å². The summed E-state index contributed by atoms with van der Waals surface area (Å²) in [7, 11) is 0. The van der Waals surface area contributed by atoms with E-state index < -0.39 is 6.10 Å². The van der Waals surface area contributed by atoms with Crippen molar-refractivity contribution in [2.24, 2.45) is 0 Å². The molecule has 1 amide bonds. The van der Waals surface area contributed by atoms with Crippen LogP contribution in [0.2, 0.25) is 0 Å². The zero-order chi connectivity index (χ0) is 14.8. The van der Waals surface area contributed by atoms with Crippen molar-refractivity contribution in [3.63, 3.8) is 0 Å². The Hall–Kier alpha value is -2.06. The zero-order valence-corrected chi connectivity index (χ0v) is 11.7. The lowest BCUT2D eigenvalue weighted by Gasteiger charge is -2.26. The van der Waals surface area contributed by atoms with Crippen LogP contribution in [0.1, 0.15) is 19.8 Å². The van der Waals surface area contributed by atoms with Crippen LogP contribution in [0.15, 0.2) is 30.3 Å². The molecule has 0 aliphatic heterocycles. The summed E-state index contributed by atoms with van der Waals surface area (Å²) in [6.07, 6.45) is 0.468. The van der Waals surface area contributed by atoms with Crippen LogP contribution in [0.25, 0.3) is 0 Å². The highest BCUT2D eigenvalue weighted by atomic mass is 16.3. The van der Waals surface area contributed by atoms with E-state index in [0.717, 1.165) is 5.69 Å². The SMILES string of the molecule is CC[C@H](O)CN(CC(=O)NCCC#N)c1ccccc1. The molecule has 0 aromatic heterocycles. The number of anilines is 1. The van der Waals surface area contributed by atoms with Crippen LogP contribution < -0.4 is 10.2 Å². The van der Waals surface area contributed by atoms with E-state index in [9.17, 15) is 9.90 Å². The second-order valence-electron chi connectivity index (χ2n) is 4.54. The standard InChI is InChI=1S/C15H21N3O2/c1-2-14(19)11-18(13-7-4-3-5-8-13)12-15(20)17-10-6-9-16/h3-5,7-8,14,19H,2,6,10-12H2,1H3,(H,17,20)/t14-/m0/s1. The summed E-state index contributed by atoms with van der Waals surface area (Å²) in [5, 5.41) is 20.9. The van der Waals surface area contributed by atoms with Gasteiger partial charge in [-0.3, -0.25) is 4.79 Å². The number of hydrogen-bond donors (Lipinski definition) is 2. The third-order valence-electron chi connectivity index (χ3n) is 2.92. The first-order chi connectivity index (χ1) is 9.67. The van der Waals surface area contributed by atoms with Crippen LogP contribution in [0.3, 0.4) is 0 Å². The van der Waals surface area contributed by atoms with Gasteiger partial charge in [0.25, 0.3) is 0 Å². The lowest BCUT2D eigenvalue weighted by Crippen LogP contribution is -2.41. The third-order valence-corrected chi connectivity index (χ3v) is 2.92. The Morgan fingerprint density at radius 2 is 2.15 bits per heavy atom. The van der Waals surface area contributed by atoms with E-state index in [2.05, 4.69) is 5.32 Å². The molecule has 0 radical (unpaired) electrons. The summed E-state index contributed by atoms with van der Waals surface area (Å²) in [4.78, 5) is 13.7. The van der Waals surface area contributed by atoms with Gasteiger partial charge in [0.2, 0.25) is 5.91 Å². The van der Waals surface area contributed by atoms with E-state index in [1.54, 1.807) is 0 Å². The summed E-state index contributed by atoms with van der Waals surface area (Å²) in [5.74, 6) is -0.146. The largest absolute Gasteiger partial charge is 0.391 e. The lowest BCUT2D eigenvalue weighted by molar-refractivity contribution is -0.119. The molecule has 1 aromatic carbocycles. The van der Waals surface area contributed by atoms with Gasteiger partial charge >= 0.3 is 0 Å². The maximum atomic E-state index is 11.8. The van der Waals surface area contributed by atoms with Crippen LogP contribution in [0.5, 0.6) is 0 Å². The molecule has 1 atom stereocenters. The molecule has 0 fully saturated rings. The third kappa shape index (κ3) is 5.72. The molecule has 0 heterocycles. The summed E-state index contributed by atoms with van der Waals surface area (Å²) in [6, 6.07) is 11.5. The van der Waals surface area contributed by atoms with Crippen LogP contribution in [0.4, 0.5) is 5.69 Å².